The molecule has 3 nitrogen and oxygen atoms in total. The van der Waals surface area contributed by atoms with Crippen molar-refractivity contribution in [2.45, 2.75) is 62.8 Å². The van der Waals surface area contributed by atoms with Gasteiger partial charge in [0.05, 0.1) is 18.8 Å². The van der Waals surface area contributed by atoms with Crippen molar-refractivity contribution in [2.75, 3.05) is 13.2 Å². The van der Waals surface area contributed by atoms with Crippen molar-refractivity contribution < 1.29 is 23.4 Å². The Hall–Kier alpha value is -1.04. The SMILES string of the molecule is OC1(c2cc(F)cc(F)c2)CCC(C2CCC3(CC2)OCCO3)CC1. The van der Waals surface area contributed by atoms with Crippen LogP contribution >= 0.6 is 0 Å². The molecule has 1 aromatic carbocycles. The Morgan fingerprint density at radius 1 is 0.800 bits per heavy atom. The highest BCUT2D eigenvalue weighted by Gasteiger charge is 2.44. The van der Waals surface area contributed by atoms with E-state index in [2.05, 4.69) is 0 Å². The highest BCUT2D eigenvalue weighted by Crippen LogP contribution is 2.47. The lowest BCUT2D eigenvalue weighted by molar-refractivity contribution is -0.186. The maximum Gasteiger partial charge on any atom is 0.168 e. The molecule has 0 aromatic heterocycles. The van der Waals surface area contributed by atoms with E-state index in [1.165, 1.54) is 12.1 Å². The second-order valence-corrected chi connectivity index (χ2v) is 7.97. The van der Waals surface area contributed by atoms with Crippen molar-refractivity contribution in [2.24, 2.45) is 11.8 Å². The van der Waals surface area contributed by atoms with E-state index in [0.717, 1.165) is 44.6 Å². The molecule has 0 unspecified atom stereocenters. The number of halogens is 2. The predicted molar refractivity (Wildman–Crippen MR) is 88.8 cm³/mol. The predicted octanol–water partition coefficient (Wildman–Crippen LogP) is 4.28. The maximum absolute atomic E-state index is 13.5. The van der Waals surface area contributed by atoms with Gasteiger partial charge in [0.2, 0.25) is 0 Å². The maximum atomic E-state index is 13.5. The van der Waals surface area contributed by atoms with Gasteiger partial charge in [-0.3, -0.25) is 0 Å². The second-order valence-electron chi connectivity index (χ2n) is 7.97. The number of hydrogen-bond donors (Lipinski definition) is 1. The first kappa shape index (κ1) is 17.4. The molecule has 1 aromatic rings. The fourth-order valence-corrected chi connectivity index (χ4v) is 5.04. The quantitative estimate of drug-likeness (QED) is 0.864. The van der Waals surface area contributed by atoms with E-state index in [-0.39, 0.29) is 5.79 Å². The minimum atomic E-state index is -1.10. The van der Waals surface area contributed by atoms with E-state index < -0.39 is 17.2 Å². The van der Waals surface area contributed by atoms with Crippen LogP contribution in [0.4, 0.5) is 8.78 Å². The lowest BCUT2D eigenvalue weighted by atomic mass is 9.67. The van der Waals surface area contributed by atoms with E-state index >= 15 is 0 Å². The number of aliphatic hydroxyl groups is 1. The van der Waals surface area contributed by atoms with Crippen molar-refractivity contribution in [1.29, 1.82) is 0 Å². The third-order valence-corrected chi connectivity index (χ3v) is 6.53. The number of rotatable bonds is 2. The molecule has 5 heteroatoms. The summed E-state index contributed by atoms with van der Waals surface area (Å²) in [6.07, 6.45) is 7.02. The van der Waals surface area contributed by atoms with Crippen molar-refractivity contribution in [1.82, 2.24) is 0 Å². The molecule has 3 fully saturated rings. The molecule has 0 bridgehead atoms. The van der Waals surface area contributed by atoms with Crippen LogP contribution in [0, 0.1) is 23.5 Å². The first-order chi connectivity index (χ1) is 12.0. The topological polar surface area (TPSA) is 38.7 Å². The van der Waals surface area contributed by atoms with Gasteiger partial charge >= 0.3 is 0 Å². The van der Waals surface area contributed by atoms with E-state index in [1.807, 2.05) is 0 Å². The summed E-state index contributed by atoms with van der Waals surface area (Å²) in [5, 5.41) is 10.9. The summed E-state index contributed by atoms with van der Waals surface area (Å²) in [6.45, 7) is 1.40. The van der Waals surface area contributed by atoms with Crippen LogP contribution in [-0.4, -0.2) is 24.1 Å². The van der Waals surface area contributed by atoms with Gasteiger partial charge in [0.25, 0.3) is 0 Å². The Morgan fingerprint density at radius 3 is 1.80 bits per heavy atom. The average Bonchev–Trinajstić information content (AvgIpc) is 3.04. The standard InChI is InChI=1S/C20H26F2O3/c21-17-11-16(12-18(22)13-17)19(23)5-1-14(2-6-19)15-3-7-20(8-4-15)24-9-10-25-20/h11-15,23H,1-10H2. The zero-order valence-electron chi connectivity index (χ0n) is 14.5. The molecule has 0 amide bonds. The van der Waals surface area contributed by atoms with Crippen molar-refractivity contribution >= 4 is 0 Å². The molecule has 2 aliphatic carbocycles. The third-order valence-electron chi connectivity index (χ3n) is 6.53. The molecule has 0 radical (unpaired) electrons. The summed E-state index contributed by atoms with van der Waals surface area (Å²) in [6, 6.07) is 3.38. The van der Waals surface area contributed by atoms with E-state index in [1.54, 1.807) is 0 Å². The molecule has 1 N–H and O–H groups in total. The van der Waals surface area contributed by atoms with Crippen molar-refractivity contribution in [3.05, 3.63) is 35.4 Å². The zero-order valence-corrected chi connectivity index (χ0v) is 14.5. The molecule has 3 aliphatic rings. The third kappa shape index (κ3) is 3.46. The van der Waals surface area contributed by atoms with Crippen LogP contribution in [0.5, 0.6) is 0 Å². The Morgan fingerprint density at radius 2 is 1.28 bits per heavy atom. The fourth-order valence-electron chi connectivity index (χ4n) is 5.04. The van der Waals surface area contributed by atoms with Gasteiger partial charge in [0.1, 0.15) is 11.6 Å². The van der Waals surface area contributed by atoms with Crippen LogP contribution in [0.15, 0.2) is 18.2 Å². The summed E-state index contributed by atoms with van der Waals surface area (Å²) in [5.74, 6) is -0.380. The number of hydrogen-bond acceptors (Lipinski definition) is 3. The average molecular weight is 352 g/mol. The first-order valence-electron chi connectivity index (χ1n) is 9.45. The van der Waals surface area contributed by atoms with E-state index in [9.17, 15) is 13.9 Å². The monoisotopic (exact) mass is 352 g/mol. The van der Waals surface area contributed by atoms with Gasteiger partial charge in [0, 0.05) is 18.9 Å². The summed E-state index contributed by atoms with van der Waals surface area (Å²) >= 11 is 0. The molecule has 1 spiro atoms. The lowest BCUT2D eigenvalue weighted by Gasteiger charge is -2.43. The molecular formula is C20H26F2O3. The molecular weight excluding hydrogens is 326 g/mol. The van der Waals surface area contributed by atoms with Gasteiger partial charge in [-0.2, -0.15) is 0 Å². The molecule has 0 atom stereocenters. The highest BCUT2D eigenvalue weighted by molar-refractivity contribution is 5.25. The van der Waals surface area contributed by atoms with Crippen LogP contribution in [-0.2, 0) is 15.1 Å². The molecule has 2 saturated carbocycles. The van der Waals surface area contributed by atoms with Crippen LogP contribution in [0.25, 0.3) is 0 Å². The minimum Gasteiger partial charge on any atom is -0.385 e. The summed E-state index contributed by atoms with van der Waals surface area (Å²) < 4.78 is 38.6. The smallest absolute Gasteiger partial charge is 0.168 e. The first-order valence-corrected chi connectivity index (χ1v) is 9.45. The zero-order chi connectivity index (χ0) is 17.5. The van der Waals surface area contributed by atoms with Crippen LogP contribution < -0.4 is 0 Å². The van der Waals surface area contributed by atoms with Crippen molar-refractivity contribution in [3.63, 3.8) is 0 Å². The largest absolute Gasteiger partial charge is 0.385 e. The summed E-state index contributed by atoms with van der Waals surface area (Å²) in [5.41, 5.74) is -0.730. The number of ether oxygens (including phenoxy) is 2. The Balaban J connectivity index is 1.36. The Labute approximate surface area is 147 Å². The van der Waals surface area contributed by atoms with E-state index in [0.29, 0.717) is 43.5 Å². The molecule has 1 aliphatic heterocycles. The van der Waals surface area contributed by atoms with Gasteiger partial charge in [-0.1, -0.05) is 0 Å². The van der Waals surface area contributed by atoms with Gasteiger partial charge in [-0.25, -0.2) is 8.78 Å². The molecule has 4 rings (SSSR count). The van der Waals surface area contributed by atoms with Crippen LogP contribution in [0.3, 0.4) is 0 Å². The molecule has 1 saturated heterocycles. The Kier molecular flexibility index (Phi) is 4.59. The fraction of sp³-hybridized carbons (Fsp3) is 0.700. The van der Waals surface area contributed by atoms with E-state index in [4.69, 9.17) is 9.47 Å². The van der Waals surface area contributed by atoms with Gasteiger partial charge in [-0.15, -0.1) is 0 Å². The minimum absolute atomic E-state index is 0.328. The Bertz CT molecular complexity index is 589. The second kappa shape index (κ2) is 6.60. The highest BCUT2D eigenvalue weighted by atomic mass is 19.1. The van der Waals surface area contributed by atoms with Gasteiger partial charge < -0.3 is 14.6 Å². The lowest BCUT2D eigenvalue weighted by Crippen LogP contribution is -2.39. The van der Waals surface area contributed by atoms with Gasteiger partial charge in [0.15, 0.2) is 5.79 Å². The molecule has 1 heterocycles. The molecule has 25 heavy (non-hydrogen) atoms. The number of benzene rings is 1. The van der Waals surface area contributed by atoms with Crippen LogP contribution in [0.1, 0.15) is 56.9 Å². The summed E-state index contributed by atoms with van der Waals surface area (Å²) in [7, 11) is 0. The van der Waals surface area contributed by atoms with Gasteiger partial charge in [-0.05, 0) is 68.1 Å². The van der Waals surface area contributed by atoms with Crippen LogP contribution in [0.2, 0.25) is 0 Å². The molecule has 138 valence electrons. The normalized spacial score (nSPS) is 33.0. The van der Waals surface area contributed by atoms with Crippen molar-refractivity contribution in [3.8, 4) is 0 Å². The summed E-state index contributed by atoms with van der Waals surface area (Å²) in [4.78, 5) is 0.